The minimum absolute atomic E-state index is 0.0821. The Morgan fingerprint density at radius 1 is 1.13 bits per heavy atom. The first-order chi connectivity index (χ1) is 7.15. The van der Waals surface area contributed by atoms with Gasteiger partial charge in [0, 0.05) is 17.9 Å². The Morgan fingerprint density at radius 3 is 2.47 bits per heavy atom. The van der Waals surface area contributed by atoms with Crippen LogP contribution in [0.25, 0.3) is 0 Å². The largest absolute Gasteiger partial charge is 0.294 e. The summed E-state index contributed by atoms with van der Waals surface area (Å²) in [6.45, 7) is 0. The zero-order valence-corrected chi connectivity index (χ0v) is 10.4. The van der Waals surface area contributed by atoms with E-state index in [1.165, 1.54) is 0 Å². The van der Waals surface area contributed by atoms with Crippen LogP contribution in [-0.2, 0) is 0 Å². The molecular weight excluding hydrogens is 254 g/mol. The number of carbonyl (C=O) groups is 1. The van der Waals surface area contributed by atoms with Crippen LogP contribution in [0.3, 0.4) is 0 Å². The molecule has 0 aromatic heterocycles. The van der Waals surface area contributed by atoms with Crippen molar-refractivity contribution in [3.63, 3.8) is 0 Å². The second kappa shape index (κ2) is 6.37. The number of alkyl halides is 1. The highest BCUT2D eigenvalue weighted by Gasteiger charge is 2.07. The van der Waals surface area contributed by atoms with Crippen molar-refractivity contribution in [2.24, 2.45) is 0 Å². The maximum atomic E-state index is 11.6. The first kappa shape index (κ1) is 12.8. The third-order valence-electron chi connectivity index (χ3n) is 2.03. The lowest BCUT2D eigenvalue weighted by atomic mass is 10.1. The summed E-state index contributed by atoms with van der Waals surface area (Å²) in [6, 6.07) is 4.93. The highest BCUT2D eigenvalue weighted by atomic mass is 35.5. The maximum Gasteiger partial charge on any atom is 0.162 e. The monoisotopic (exact) mass is 264 g/mol. The molecule has 1 rings (SSSR count). The summed E-state index contributed by atoms with van der Waals surface area (Å²) in [6.07, 6.45) is 2.17. The average molecular weight is 266 g/mol. The molecule has 0 radical (unpaired) electrons. The highest BCUT2D eigenvalue weighted by Crippen LogP contribution is 2.23. The van der Waals surface area contributed by atoms with Crippen molar-refractivity contribution >= 4 is 40.6 Å². The summed E-state index contributed by atoms with van der Waals surface area (Å²) >= 11 is 17.1. The Bertz CT molecular complexity index is 350. The maximum absolute atomic E-state index is 11.6. The summed E-state index contributed by atoms with van der Waals surface area (Å²) in [4.78, 5) is 11.6. The van der Waals surface area contributed by atoms with Gasteiger partial charge in [0.1, 0.15) is 0 Å². The molecule has 1 aromatic rings. The molecule has 0 aliphatic rings. The molecule has 0 saturated carbocycles. The van der Waals surface area contributed by atoms with Gasteiger partial charge in [-0.1, -0.05) is 23.2 Å². The summed E-state index contributed by atoms with van der Waals surface area (Å²) in [5.74, 6) is 0.674. The number of benzene rings is 1. The second-order valence-electron chi connectivity index (χ2n) is 3.20. The van der Waals surface area contributed by atoms with Crippen molar-refractivity contribution in [3.05, 3.63) is 33.8 Å². The van der Waals surface area contributed by atoms with Crippen LogP contribution in [-0.4, -0.2) is 11.7 Å². The van der Waals surface area contributed by atoms with Crippen molar-refractivity contribution in [2.45, 2.75) is 19.3 Å². The van der Waals surface area contributed by atoms with Crippen molar-refractivity contribution < 1.29 is 4.79 Å². The van der Waals surface area contributed by atoms with E-state index in [1.807, 2.05) is 0 Å². The van der Waals surface area contributed by atoms with E-state index < -0.39 is 0 Å². The number of Topliss-reactive ketones (excluding diaryl/α,β-unsaturated/α-hetero) is 1. The summed E-state index contributed by atoms with van der Waals surface area (Å²) < 4.78 is 0. The van der Waals surface area contributed by atoms with Gasteiger partial charge in [0.2, 0.25) is 0 Å². The van der Waals surface area contributed by atoms with Gasteiger partial charge in [-0.3, -0.25) is 4.79 Å². The first-order valence-corrected chi connectivity index (χ1v) is 5.98. The molecule has 0 amide bonds. The molecule has 82 valence electrons. The van der Waals surface area contributed by atoms with Crippen molar-refractivity contribution in [2.75, 3.05) is 5.88 Å². The van der Waals surface area contributed by atoms with Crippen LogP contribution in [0.4, 0.5) is 0 Å². The van der Waals surface area contributed by atoms with Gasteiger partial charge in [-0.25, -0.2) is 0 Å². The Balaban J connectivity index is 2.62. The predicted octanol–water partition coefficient (Wildman–Crippen LogP) is 4.59. The van der Waals surface area contributed by atoms with E-state index in [0.717, 1.165) is 12.8 Å². The van der Waals surface area contributed by atoms with Gasteiger partial charge >= 0.3 is 0 Å². The van der Waals surface area contributed by atoms with Crippen LogP contribution in [0, 0.1) is 0 Å². The lowest BCUT2D eigenvalue weighted by Crippen LogP contribution is -1.98. The van der Waals surface area contributed by atoms with Gasteiger partial charge in [0.05, 0.1) is 10.0 Å². The molecule has 0 saturated heterocycles. The van der Waals surface area contributed by atoms with Crippen LogP contribution in [0.1, 0.15) is 29.6 Å². The molecule has 1 nitrogen and oxygen atoms in total. The molecule has 0 heterocycles. The zero-order valence-electron chi connectivity index (χ0n) is 8.10. The summed E-state index contributed by atoms with van der Waals surface area (Å²) in [5.41, 5.74) is 0.610. The van der Waals surface area contributed by atoms with Gasteiger partial charge < -0.3 is 0 Å². The molecule has 0 unspecified atom stereocenters. The number of halogens is 3. The highest BCUT2D eigenvalue weighted by molar-refractivity contribution is 6.42. The van der Waals surface area contributed by atoms with Gasteiger partial charge in [-0.05, 0) is 31.0 Å². The van der Waals surface area contributed by atoms with Crippen molar-refractivity contribution in [1.29, 1.82) is 0 Å². The number of ketones is 1. The molecule has 0 aliphatic heterocycles. The lowest BCUT2D eigenvalue weighted by molar-refractivity contribution is 0.0980. The predicted molar refractivity (Wildman–Crippen MR) is 65.4 cm³/mol. The molecule has 15 heavy (non-hydrogen) atoms. The van der Waals surface area contributed by atoms with E-state index >= 15 is 0 Å². The van der Waals surface area contributed by atoms with E-state index in [2.05, 4.69) is 0 Å². The molecule has 0 bridgehead atoms. The van der Waals surface area contributed by atoms with Crippen molar-refractivity contribution in [1.82, 2.24) is 0 Å². The summed E-state index contributed by atoms with van der Waals surface area (Å²) in [5, 5.41) is 0.883. The zero-order chi connectivity index (χ0) is 11.3. The van der Waals surface area contributed by atoms with Crippen LogP contribution in [0.15, 0.2) is 18.2 Å². The Kier molecular flexibility index (Phi) is 5.44. The average Bonchev–Trinajstić information content (AvgIpc) is 2.22. The second-order valence-corrected chi connectivity index (χ2v) is 4.39. The third-order valence-corrected chi connectivity index (χ3v) is 3.04. The van der Waals surface area contributed by atoms with Gasteiger partial charge in [0.15, 0.2) is 5.78 Å². The number of unbranched alkanes of at least 4 members (excludes halogenated alkanes) is 1. The molecule has 0 N–H and O–H groups in total. The molecule has 0 fully saturated rings. The van der Waals surface area contributed by atoms with Crippen LogP contribution in [0.2, 0.25) is 10.0 Å². The van der Waals surface area contributed by atoms with E-state index in [4.69, 9.17) is 34.8 Å². The quantitative estimate of drug-likeness (QED) is 0.432. The molecule has 4 heteroatoms. The van der Waals surface area contributed by atoms with Gasteiger partial charge in [0.25, 0.3) is 0 Å². The van der Waals surface area contributed by atoms with Crippen LogP contribution >= 0.6 is 34.8 Å². The van der Waals surface area contributed by atoms with E-state index in [1.54, 1.807) is 18.2 Å². The van der Waals surface area contributed by atoms with E-state index in [9.17, 15) is 4.79 Å². The molecule has 0 atom stereocenters. The number of hydrogen-bond donors (Lipinski definition) is 0. The van der Waals surface area contributed by atoms with Gasteiger partial charge in [-0.15, -0.1) is 11.6 Å². The normalized spacial score (nSPS) is 10.3. The minimum Gasteiger partial charge on any atom is -0.294 e. The number of rotatable bonds is 5. The molecular formula is C11H11Cl3O. The fourth-order valence-electron chi connectivity index (χ4n) is 1.19. The molecule has 0 aliphatic carbocycles. The summed E-state index contributed by atoms with van der Waals surface area (Å²) in [7, 11) is 0. The van der Waals surface area contributed by atoms with Crippen LogP contribution < -0.4 is 0 Å². The standard InChI is InChI=1S/C11H11Cl3O/c12-6-2-1-3-11(15)8-4-5-9(13)10(14)7-8/h4-5,7H,1-3,6H2. The minimum atomic E-state index is 0.0821. The molecule has 1 aromatic carbocycles. The number of hydrogen-bond acceptors (Lipinski definition) is 1. The molecule has 0 spiro atoms. The fraction of sp³-hybridized carbons (Fsp3) is 0.364. The first-order valence-electron chi connectivity index (χ1n) is 4.69. The van der Waals surface area contributed by atoms with Crippen LogP contribution in [0.5, 0.6) is 0 Å². The smallest absolute Gasteiger partial charge is 0.162 e. The van der Waals surface area contributed by atoms with Crippen molar-refractivity contribution in [3.8, 4) is 0 Å². The van der Waals surface area contributed by atoms with Gasteiger partial charge in [-0.2, -0.15) is 0 Å². The topological polar surface area (TPSA) is 17.1 Å². The third kappa shape index (κ3) is 4.02. The SMILES string of the molecule is O=C(CCCCCl)c1ccc(Cl)c(Cl)c1. The lowest BCUT2D eigenvalue weighted by Gasteiger charge is -2.02. The number of carbonyl (C=O) groups excluding carboxylic acids is 1. The Morgan fingerprint density at radius 2 is 1.87 bits per heavy atom. The Labute approximate surface area is 104 Å². The fourth-order valence-corrected chi connectivity index (χ4v) is 1.68. The van der Waals surface area contributed by atoms with E-state index in [0.29, 0.717) is 27.9 Å². The van der Waals surface area contributed by atoms with E-state index in [-0.39, 0.29) is 5.78 Å². The Hall–Kier alpha value is -0.240.